The zero-order valence-corrected chi connectivity index (χ0v) is 12.3. The molecule has 1 aromatic heterocycles. The van der Waals surface area contributed by atoms with Crippen molar-refractivity contribution in [1.82, 2.24) is 9.47 Å². The van der Waals surface area contributed by atoms with Gasteiger partial charge in [-0.15, -0.1) is 0 Å². The summed E-state index contributed by atoms with van der Waals surface area (Å²) in [5.41, 5.74) is 0.00761. The maximum atomic E-state index is 12.5. The zero-order chi connectivity index (χ0) is 14.0. The van der Waals surface area contributed by atoms with Gasteiger partial charge in [0.25, 0.3) is 5.91 Å². The van der Waals surface area contributed by atoms with Crippen LogP contribution in [0.4, 0.5) is 0 Å². The van der Waals surface area contributed by atoms with Gasteiger partial charge < -0.3 is 14.6 Å². The summed E-state index contributed by atoms with van der Waals surface area (Å²) in [6, 6.07) is 1.73. The fourth-order valence-electron chi connectivity index (χ4n) is 2.43. The molecular formula is C14H21ClN2O2. The van der Waals surface area contributed by atoms with Crippen LogP contribution in [0.2, 0.25) is 5.02 Å². The van der Waals surface area contributed by atoms with E-state index in [0.717, 1.165) is 13.0 Å². The van der Waals surface area contributed by atoms with Crippen LogP contribution < -0.4 is 0 Å². The molecule has 0 bridgehead atoms. The highest BCUT2D eigenvalue weighted by atomic mass is 35.5. The maximum Gasteiger partial charge on any atom is 0.270 e. The van der Waals surface area contributed by atoms with Crippen molar-refractivity contribution in [3.63, 3.8) is 0 Å². The van der Waals surface area contributed by atoms with E-state index in [0.29, 0.717) is 36.6 Å². The highest BCUT2D eigenvalue weighted by Gasteiger charge is 2.30. The van der Waals surface area contributed by atoms with Gasteiger partial charge >= 0.3 is 0 Å². The van der Waals surface area contributed by atoms with Crippen LogP contribution in [-0.4, -0.2) is 39.2 Å². The second-order valence-corrected chi connectivity index (χ2v) is 5.96. The Morgan fingerprint density at radius 2 is 2.11 bits per heavy atom. The highest BCUT2D eigenvalue weighted by molar-refractivity contribution is 6.31. The Morgan fingerprint density at radius 3 is 2.68 bits per heavy atom. The fourth-order valence-corrected chi connectivity index (χ4v) is 2.65. The highest BCUT2D eigenvalue weighted by Crippen LogP contribution is 2.24. The molecule has 0 atom stereocenters. The molecule has 1 saturated heterocycles. The molecule has 1 fully saturated rings. The minimum Gasteiger partial charge on any atom is -0.390 e. The van der Waals surface area contributed by atoms with E-state index < -0.39 is 5.60 Å². The zero-order valence-electron chi connectivity index (χ0n) is 11.5. The third-order valence-corrected chi connectivity index (χ3v) is 3.88. The summed E-state index contributed by atoms with van der Waals surface area (Å²) in [6.45, 7) is 5.88. The van der Waals surface area contributed by atoms with Crippen LogP contribution in [-0.2, 0) is 6.54 Å². The second-order valence-electron chi connectivity index (χ2n) is 5.53. The molecule has 1 N–H and O–H groups in total. The van der Waals surface area contributed by atoms with Gasteiger partial charge in [-0.1, -0.05) is 18.5 Å². The third-order valence-electron chi connectivity index (χ3n) is 3.67. The molecule has 0 aromatic carbocycles. The summed E-state index contributed by atoms with van der Waals surface area (Å²) in [4.78, 5) is 14.3. The Kier molecular flexibility index (Phi) is 4.21. The van der Waals surface area contributed by atoms with Crippen LogP contribution in [0, 0.1) is 0 Å². The number of nitrogens with zero attached hydrogens (tertiary/aromatic N) is 2. The molecule has 1 aliphatic heterocycles. The Labute approximate surface area is 119 Å². The van der Waals surface area contributed by atoms with Gasteiger partial charge in [0.2, 0.25) is 0 Å². The first-order valence-corrected chi connectivity index (χ1v) is 7.18. The van der Waals surface area contributed by atoms with Gasteiger partial charge in [-0.05, 0) is 32.3 Å². The van der Waals surface area contributed by atoms with Crippen LogP contribution in [0.1, 0.15) is 43.6 Å². The number of carbonyl (C=O) groups is 1. The van der Waals surface area contributed by atoms with E-state index >= 15 is 0 Å². The van der Waals surface area contributed by atoms with Crippen molar-refractivity contribution in [2.75, 3.05) is 13.1 Å². The van der Waals surface area contributed by atoms with E-state index in [1.165, 1.54) is 0 Å². The number of hydrogen-bond donors (Lipinski definition) is 1. The minimum atomic E-state index is -0.639. The van der Waals surface area contributed by atoms with E-state index in [2.05, 4.69) is 6.92 Å². The standard InChI is InChI=1S/C14H21ClN2O2/c1-3-6-17-10-11(15)9-12(17)13(18)16-7-4-14(2,19)5-8-16/h9-10,19H,3-8H2,1-2H3. The number of halogens is 1. The Morgan fingerprint density at radius 1 is 1.47 bits per heavy atom. The number of hydrogen-bond acceptors (Lipinski definition) is 2. The first kappa shape index (κ1) is 14.4. The lowest BCUT2D eigenvalue weighted by Gasteiger charge is -2.35. The molecule has 1 aliphatic rings. The van der Waals surface area contributed by atoms with Gasteiger partial charge in [-0.2, -0.15) is 0 Å². The van der Waals surface area contributed by atoms with Crippen LogP contribution in [0.3, 0.4) is 0 Å². The van der Waals surface area contributed by atoms with Gasteiger partial charge in [0, 0.05) is 25.8 Å². The lowest BCUT2D eigenvalue weighted by atomic mass is 9.94. The molecule has 1 amide bonds. The van der Waals surface area contributed by atoms with Gasteiger partial charge in [0.05, 0.1) is 10.6 Å². The number of aryl methyl sites for hydroxylation is 1. The van der Waals surface area contributed by atoms with Gasteiger partial charge in [0.1, 0.15) is 5.69 Å². The molecule has 1 aromatic rings. The first-order valence-electron chi connectivity index (χ1n) is 6.80. The SMILES string of the molecule is CCCn1cc(Cl)cc1C(=O)N1CCC(C)(O)CC1. The normalized spacial score (nSPS) is 18.6. The van der Waals surface area contributed by atoms with Crippen molar-refractivity contribution < 1.29 is 9.90 Å². The number of carbonyl (C=O) groups excluding carboxylic acids is 1. The molecule has 5 heteroatoms. The quantitative estimate of drug-likeness (QED) is 0.927. The summed E-state index contributed by atoms with van der Waals surface area (Å²) in [5, 5.41) is 10.5. The van der Waals surface area contributed by atoms with E-state index in [1.54, 1.807) is 17.2 Å². The van der Waals surface area contributed by atoms with Gasteiger partial charge in [-0.3, -0.25) is 4.79 Å². The third kappa shape index (κ3) is 3.31. The van der Waals surface area contributed by atoms with E-state index in [9.17, 15) is 9.90 Å². The minimum absolute atomic E-state index is 0.0100. The maximum absolute atomic E-state index is 12.5. The molecule has 0 unspecified atom stereocenters. The van der Waals surface area contributed by atoms with Gasteiger partial charge in [0.15, 0.2) is 0 Å². The van der Waals surface area contributed by atoms with Crippen molar-refractivity contribution in [2.24, 2.45) is 0 Å². The Balaban J connectivity index is 2.12. The average Bonchev–Trinajstić information content (AvgIpc) is 2.70. The molecule has 0 saturated carbocycles. The Hall–Kier alpha value is -1.00. The van der Waals surface area contributed by atoms with E-state index in [-0.39, 0.29) is 5.91 Å². The topological polar surface area (TPSA) is 45.5 Å². The first-order chi connectivity index (χ1) is 8.93. The van der Waals surface area contributed by atoms with Crippen molar-refractivity contribution in [2.45, 2.75) is 45.3 Å². The molecule has 4 nitrogen and oxygen atoms in total. The molecule has 106 valence electrons. The van der Waals surface area contributed by atoms with Crippen molar-refractivity contribution in [3.05, 3.63) is 23.0 Å². The van der Waals surface area contributed by atoms with Crippen LogP contribution >= 0.6 is 11.6 Å². The number of amides is 1. The smallest absolute Gasteiger partial charge is 0.270 e. The molecule has 0 aliphatic carbocycles. The Bertz CT molecular complexity index is 458. The second kappa shape index (κ2) is 5.55. The number of piperidine rings is 1. The monoisotopic (exact) mass is 284 g/mol. The van der Waals surface area contributed by atoms with Crippen molar-refractivity contribution in [1.29, 1.82) is 0 Å². The number of aliphatic hydroxyl groups is 1. The number of likely N-dealkylation sites (tertiary alicyclic amines) is 1. The van der Waals surface area contributed by atoms with Crippen LogP contribution in [0.15, 0.2) is 12.3 Å². The van der Waals surface area contributed by atoms with Crippen molar-refractivity contribution in [3.8, 4) is 0 Å². The lowest BCUT2D eigenvalue weighted by Crippen LogP contribution is -2.45. The predicted molar refractivity (Wildman–Crippen MR) is 75.5 cm³/mol. The summed E-state index contributed by atoms with van der Waals surface area (Å²) in [6.07, 6.45) is 4.01. The van der Waals surface area contributed by atoms with Crippen molar-refractivity contribution >= 4 is 17.5 Å². The van der Waals surface area contributed by atoms with E-state index in [1.807, 2.05) is 11.5 Å². The molecule has 0 radical (unpaired) electrons. The molecule has 2 rings (SSSR count). The van der Waals surface area contributed by atoms with E-state index in [4.69, 9.17) is 11.6 Å². The van der Waals surface area contributed by atoms with Crippen LogP contribution in [0.5, 0.6) is 0 Å². The summed E-state index contributed by atoms with van der Waals surface area (Å²) < 4.78 is 1.91. The number of aromatic nitrogens is 1. The average molecular weight is 285 g/mol. The number of rotatable bonds is 3. The van der Waals surface area contributed by atoms with Gasteiger partial charge in [-0.25, -0.2) is 0 Å². The molecule has 19 heavy (non-hydrogen) atoms. The van der Waals surface area contributed by atoms with Crippen LogP contribution in [0.25, 0.3) is 0 Å². The molecular weight excluding hydrogens is 264 g/mol. The summed E-state index contributed by atoms with van der Waals surface area (Å²) in [7, 11) is 0. The molecule has 2 heterocycles. The predicted octanol–water partition coefficient (Wildman–Crippen LogP) is 2.54. The summed E-state index contributed by atoms with van der Waals surface area (Å²) >= 11 is 6.00. The fraction of sp³-hybridized carbons (Fsp3) is 0.643. The largest absolute Gasteiger partial charge is 0.390 e. The summed E-state index contributed by atoms with van der Waals surface area (Å²) in [5.74, 6) is 0.0100. The lowest BCUT2D eigenvalue weighted by molar-refractivity contribution is -0.00231. The molecule has 0 spiro atoms.